The van der Waals surface area contributed by atoms with Crippen molar-refractivity contribution in [2.24, 2.45) is 17.8 Å². The second-order valence-corrected chi connectivity index (χ2v) is 6.91. The molecule has 0 aromatic carbocycles. The Labute approximate surface area is 81.0 Å². The predicted octanol–water partition coefficient (Wildman–Crippen LogP) is 3.36. The maximum atomic E-state index is 5.32. The van der Waals surface area contributed by atoms with Gasteiger partial charge >= 0.3 is 0 Å². The molecule has 0 spiro atoms. The molecule has 0 N–H and O–H groups in total. The lowest BCUT2D eigenvalue weighted by molar-refractivity contribution is 0.0377. The van der Waals surface area contributed by atoms with Crippen LogP contribution in [0, 0.1) is 17.8 Å². The van der Waals surface area contributed by atoms with Crippen LogP contribution in [0.1, 0.15) is 38.5 Å². The molecule has 0 saturated heterocycles. The molecule has 0 aromatic rings. The largest absolute Gasteiger partial charge is 0.0572 e. The Hall–Kier alpha value is 0.520. The van der Waals surface area contributed by atoms with Crippen LogP contribution in [0.25, 0.3) is 0 Å². The van der Waals surface area contributed by atoms with Gasteiger partial charge in [0.25, 0.3) is 0 Å². The molecule has 0 heterocycles. The van der Waals surface area contributed by atoms with E-state index in [2.05, 4.69) is 0 Å². The van der Waals surface area contributed by atoms with Crippen LogP contribution in [0.15, 0.2) is 0 Å². The highest BCUT2D eigenvalue weighted by atomic mass is 32.4. The van der Waals surface area contributed by atoms with Crippen molar-refractivity contribution in [3.05, 3.63) is 0 Å². The summed E-state index contributed by atoms with van der Waals surface area (Å²) >= 11 is 5.32. The van der Waals surface area contributed by atoms with E-state index in [9.17, 15) is 0 Å². The van der Waals surface area contributed by atoms with Gasteiger partial charge in [0, 0.05) is 5.16 Å². The summed E-state index contributed by atoms with van der Waals surface area (Å²) in [4.78, 5) is 0. The Morgan fingerprint density at radius 2 is 1.33 bits per heavy atom. The fraction of sp³-hybridized carbons (Fsp3) is 1.00. The van der Waals surface area contributed by atoms with Crippen molar-refractivity contribution in [2.45, 2.75) is 43.7 Å². The smallest absolute Gasteiger partial charge is 0.0234 e. The van der Waals surface area contributed by atoms with Crippen LogP contribution in [0.3, 0.4) is 0 Å². The summed E-state index contributed by atoms with van der Waals surface area (Å²) in [5.74, 6) is 3.23. The van der Waals surface area contributed by atoms with E-state index in [0.29, 0.717) is 5.16 Å². The molecule has 4 aliphatic rings. The average molecular weight is 198 g/mol. The lowest BCUT2D eigenvalue weighted by atomic mass is 9.56. The Morgan fingerprint density at radius 1 is 0.917 bits per heavy atom. The van der Waals surface area contributed by atoms with Crippen molar-refractivity contribution < 1.29 is 0 Å². The van der Waals surface area contributed by atoms with E-state index >= 15 is 0 Å². The van der Waals surface area contributed by atoms with Crippen molar-refractivity contribution in [3.8, 4) is 0 Å². The monoisotopic (exact) mass is 198 g/mol. The lowest BCUT2D eigenvalue weighted by Crippen LogP contribution is -2.47. The van der Waals surface area contributed by atoms with Gasteiger partial charge in [0.1, 0.15) is 0 Å². The van der Waals surface area contributed by atoms with Crippen LogP contribution < -0.4 is 0 Å². The molecule has 12 heavy (non-hydrogen) atoms. The van der Waals surface area contributed by atoms with Crippen LogP contribution in [-0.4, -0.2) is 5.16 Å². The highest BCUT2D eigenvalue weighted by molar-refractivity contribution is 7.97. The molecule has 2 heteroatoms. The zero-order valence-electron chi connectivity index (χ0n) is 7.33. The SMILES string of the molecule is S=PC12CC3CC(CC(C3)C1)C2. The first-order valence-electron chi connectivity index (χ1n) is 5.14. The molecule has 0 nitrogen and oxygen atoms in total. The fourth-order valence-corrected chi connectivity index (χ4v) is 5.85. The van der Waals surface area contributed by atoms with Crippen molar-refractivity contribution in [3.63, 3.8) is 0 Å². The third-order valence-corrected chi connectivity index (χ3v) is 6.30. The van der Waals surface area contributed by atoms with Gasteiger partial charge in [0.05, 0.1) is 0 Å². The van der Waals surface area contributed by atoms with Gasteiger partial charge in [0.15, 0.2) is 0 Å². The van der Waals surface area contributed by atoms with Crippen molar-refractivity contribution in [1.29, 1.82) is 0 Å². The second-order valence-electron chi connectivity index (χ2n) is 5.23. The van der Waals surface area contributed by atoms with E-state index in [-0.39, 0.29) is 0 Å². The highest BCUT2D eigenvalue weighted by Gasteiger charge is 2.50. The minimum atomic E-state index is 0.629. The van der Waals surface area contributed by atoms with Gasteiger partial charge in [-0.1, -0.05) is 11.8 Å². The van der Waals surface area contributed by atoms with Gasteiger partial charge in [-0.3, -0.25) is 0 Å². The van der Waals surface area contributed by atoms with E-state index in [1.807, 2.05) is 0 Å². The third-order valence-electron chi connectivity index (χ3n) is 4.20. The van der Waals surface area contributed by atoms with Gasteiger partial charge in [-0.2, -0.15) is 0 Å². The van der Waals surface area contributed by atoms with Crippen molar-refractivity contribution in [2.75, 3.05) is 0 Å². The van der Waals surface area contributed by atoms with Crippen molar-refractivity contribution in [1.82, 2.24) is 0 Å². The summed E-state index contributed by atoms with van der Waals surface area (Å²) in [7, 11) is 1.29. The van der Waals surface area contributed by atoms with Crippen LogP contribution in [0.4, 0.5) is 0 Å². The molecule has 4 aliphatic carbocycles. The molecule has 0 atom stereocenters. The van der Waals surface area contributed by atoms with Crippen LogP contribution >= 0.6 is 7.36 Å². The first-order chi connectivity index (χ1) is 5.80. The zero-order chi connectivity index (χ0) is 8.18. The predicted molar refractivity (Wildman–Crippen MR) is 55.2 cm³/mol. The van der Waals surface area contributed by atoms with Crippen LogP contribution in [0.2, 0.25) is 0 Å². The van der Waals surface area contributed by atoms with E-state index in [1.165, 1.54) is 26.6 Å². The standard InChI is InChI=1S/C10H15PS/c12-11-10-4-7-1-8(5-10)3-9(2-7)6-10/h7-9H,1-6H2. The molecule has 0 amide bonds. The summed E-state index contributed by atoms with van der Waals surface area (Å²) in [5, 5.41) is 0.629. The Kier molecular flexibility index (Phi) is 1.65. The summed E-state index contributed by atoms with van der Waals surface area (Å²) in [6.07, 6.45) is 9.07. The minimum absolute atomic E-state index is 0.629. The zero-order valence-corrected chi connectivity index (χ0v) is 9.04. The Morgan fingerprint density at radius 3 is 1.67 bits per heavy atom. The van der Waals surface area contributed by atoms with Gasteiger partial charge < -0.3 is 0 Å². The third kappa shape index (κ3) is 1.02. The molecular formula is C10H15PS. The first-order valence-corrected chi connectivity index (χ1v) is 7.05. The molecule has 4 saturated carbocycles. The molecule has 0 aromatic heterocycles. The van der Waals surface area contributed by atoms with E-state index < -0.39 is 0 Å². The number of hydrogen-bond acceptors (Lipinski definition) is 1. The summed E-state index contributed by atoms with van der Waals surface area (Å²) in [5.41, 5.74) is 0. The highest BCUT2D eigenvalue weighted by Crippen LogP contribution is 2.60. The normalized spacial score (nSPS) is 56.5. The quantitative estimate of drug-likeness (QED) is 0.582. The van der Waals surface area contributed by atoms with Gasteiger partial charge in [0.2, 0.25) is 0 Å². The molecule has 0 aliphatic heterocycles. The average Bonchev–Trinajstić information content (AvgIpc) is 2.02. The maximum absolute atomic E-state index is 5.32. The van der Waals surface area contributed by atoms with Crippen LogP contribution in [-0.2, 0) is 11.8 Å². The summed E-state index contributed by atoms with van der Waals surface area (Å²) < 4.78 is 0. The molecule has 4 rings (SSSR count). The lowest BCUT2D eigenvalue weighted by Gasteiger charge is -2.54. The Balaban J connectivity index is 1.95. The molecule has 4 fully saturated rings. The fourth-order valence-electron chi connectivity index (χ4n) is 4.18. The minimum Gasteiger partial charge on any atom is -0.0572 e. The van der Waals surface area contributed by atoms with E-state index in [0.717, 1.165) is 17.8 Å². The molecule has 4 bridgehead atoms. The first kappa shape index (κ1) is 7.88. The molecular weight excluding hydrogens is 183 g/mol. The maximum Gasteiger partial charge on any atom is 0.0234 e. The summed E-state index contributed by atoms with van der Waals surface area (Å²) in [6.45, 7) is 0. The number of rotatable bonds is 1. The van der Waals surface area contributed by atoms with E-state index in [1.54, 1.807) is 19.3 Å². The van der Waals surface area contributed by atoms with Crippen LogP contribution in [0.5, 0.6) is 0 Å². The summed E-state index contributed by atoms with van der Waals surface area (Å²) in [6, 6.07) is 0. The molecule has 0 radical (unpaired) electrons. The van der Waals surface area contributed by atoms with Crippen molar-refractivity contribution >= 4 is 19.2 Å². The molecule has 0 unspecified atom stereocenters. The van der Waals surface area contributed by atoms with Gasteiger partial charge in [-0.15, -0.1) is 0 Å². The second kappa shape index (κ2) is 2.51. The topological polar surface area (TPSA) is 0 Å². The number of hydrogen-bond donors (Lipinski definition) is 0. The van der Waals surface area contributed by atoms with Gasteiger partial charge in [-0.25, -0.2) is 0 Å². The van der Waals surface area contributed by atoms with E-state index in [4.69, 9.17) is 11.8 Å². The van der Waals surface area contributed by atoms with Gasteiger partial charge in [-0.05, 0) is 63.6 Å². The Bertz CT molecular complexity index is 189. The molecule has 66 valence electrons.